The topological polar surface area (TPSA) is 119 Å². The van der Waals surface area contributed by atoms with Gasteiger partial charge in [0.05, 0.1) is 105 Å². The fourth-order valence-electron chi connectivity index (χ4n) is 4.52. The van der Waals surface area contributed by atoms with E-state index in [2.05, 4.69) is 41.5 Å². The van der Waals surface area contributed by atoms with Crippen LogP contribution < -0.4 is 9.79 Å². The van der Waals surface area contributed by atoms with Crippen molar-refractivity contribution < 1.29 is 55.9 Å². The summed E-state index contributed by atoms with van der Waals surface area (Å²) in [6.45, 7) is 30.8. The third kappa shape index (κ3) is 34.5. The Kier molecular flexibility index (Phi) is 36.3. The first kappa shape index (κ1) is 47.2. The van der Waals surface area contributed by atoms with Gasteiger partial charge in [0.2, 0.25) is 0 Å². The monoisotopic (exact) mass is 650 g/mol. The molecule has 0 aliphatic carbocycles. The van der Waals surface area contributed by atoms with Gasteiger partial charge in [0, 0.05) is 27.4 Å². The van der Waals surface area contributed by atoms with Gasteiger partial charge in [0.25, 0.3) is 0 Å². The van der Waals surface area contributed by atoms with Crippen molar-refractivity contribution in [2.75, 3.05) is 133 Å². The molecule has 0 heterocycles. The van der Waals surface area contributed by atoms with Crippen LogP contribution in [0.25, 0.3) is 0 Å². The van der Waals surface area contributed by atoms with Gasteiger partial charge in [-0.1, -0.05) is 0 Å². The predicted octanol–water partition coefficient (Wildman–Crippen LogP) is 3.43. The summed E-state index contributed by atoms with van der Waals surface area (Å²) >= 11 is 0. The van der Waals surface area contributed by atoms with E-state index in [1.165, 1.54) is 74.2 Å². The van der Waals surface area contributed by atoms with Gasteiger partial charge in [-0.2, -0.15) is 0 Å². The van der Waals surface area contributed by atoms with Crippen molar-refractivity contribution in [2.45, 2.75) is 67.2 Å². The molecule has 0 aromatic carbocycles. The molecule has 0 amide bonds. The summed E-state index contributed by atoms with van der Waals surface area (Å²) in [5.41, 5.74) is 0. The summed E-state index contributed by atoms with van der Waals surface area (Å²) in [5, 5.41) is 0. The highest BCUT2D eigenvalue weighted by Gasteiger charge is 2.20. The number of nitrogens with zero attached hydrogens (tertiary/aromatic N) is 2. The van der Waals surface area contributed by atoms with Gasteiger partial charge in [0.1, 0.15) is 7.91 Å². The zero-order valence-electron chi connectivity index (χ0n) is 29.0. The average Bonchev–Trinajstić information content (AvgIpc) is 2.99. The van der Waals surface area contributed by atoms with Crippen molar-refractivity contribution in [1.29, 1.82) is 0 Å². The Morgan fingerprint density at radius 3 is 0.953 bits per heavy atom. The molecule has 0 aromatic rings. The molecule has 0 fully saturated rings. The molecule has 0 saturated heterocycles. The number of halogens is 1. The molecule has 0 N–H and O–H groups in total. The first-order valence-corrected chi connectivity index (χ1v) is 17.6. The summed E-state index contributed by atoms with van der Waals surface area (Å²) in [6.07, 6.45) is 4.80. The zero-order chi connectivity index (χ0) is 33.3. The van der Waals surface area contributed by atoms with Gasteiger partial charge in [-0.15, -0.1) is 0 Å². The molecule has 0 saturated carbocycles. The lowest BCUT2D eigenvalue weighted by molar-refractivity contribution is -0.923. The van der Waals surface area contributed by atoms with Crippen LogP contribution in [0.1, 0.15) is 67.2 Å². The number of rotatable bonds is 28. The Balaban J connectivity index is -0.000000642. The molecular formula is C30H68FN2O9P. The Labute approximate surface area is 263 Å². The Bertz CT molecular complexity index is 531. The van der Waals surface area contributed by atoms with Crippen molar-refractivity contribution >= 4 is 7.91 Å². The molecule has 0 aliphatic rings. The summed E-state index contributed by atoms with van der Waals surface area (Å²) < 4.78 is 52.6. The number of hydrogen-bond donors (Lipinski definition) is 0. The first-order chi connectivity index (χ1) is 20.5. The van der Waals surface area contributed by atoms with Crippen LogP contribution >= 0.6 is 7.91 Å². The van der Waals surface area contributed by atoms with Crippen LogP contribution in [0.4, 0.5) is 4.20 Å². The maximum atomic E-state index is 10.1. The van der Waals surface area contributed by atoms with Crippen molar-refractivity contribution in [2.24, 2.45) is 0 Å². The van der Waals surface area contributed by atoms with Crippen LogP contribution in [-0.2, 0) is 33.0 Å². The van der Waals surface area contributed by atoms with Crippen molar-refractivity contribution in [3.63, 3.8) is 0 Å². The maximum Gasteiger partial charge on any atom is 0.110 e. The molecule has 11 nitrogen and oxygen atoms in total. The SMILES string of the molecule is CC[N+](CC)(CC)CCCCOCCOCCOC.CC[N+](CC)(CC)CCCCOCCOCCOC.O=P([O-])([O-])F. The second-order valence-electron chi connectivity index (χ2n) is 10.3. The molecule has 0 atom stereocenters. The second-order valence-corrected chi connectivity index (χ2v) is 11.2. The minimum atomic E-state index is -5.64. The molecule has 0 aliphatic heterocycles. The highest BCUT2D eigenvalue weighted by molar-refractivity contribution is 7.42. The lowest BCUT2D eigenvalue weighted by Gasteiger charge is -2.35. The zero-order valence-corrected chi connectivity index (χ0v) is 29.8. The van der Waals surface area contributed by atoms with E-state index in [0.717, 1.165) is 26.1 Å². The quantitative estimate of drug-likeness (QED) is 0.0713. The first-order valence-electron chi connectivity index (χ1n) is 16.2. The van der Waals surface area contributed by atoms with E-state index in [9.17, 15) is 4.20 Å². The van der Waals surface area contributed by atoms with Gasteiger partial charge >= 0.3 is 0 Å². The third-order valence-corrected chi connectivity index (χ3v) is 7.97. The summed E-state index contributed by atoms with van der Waals surface area (Å²) in [6, 6.07) is 0. The number of hydrogen-bond acceptors (Lipinski definition) is 9. The minimum absolute atomic E-state index is 0.656. The van der Waals surface area contributed by atoms with E-state index in [1.807, 2.05) is 0 Å². The molecular weight excluding hydrogens is 582 g/mol. The fourth-order valence-corrected chi connectivity index (χ4v) is 4.52. The molecule has 43 heavy (non-hydrogen) atoms. The lowest BCUT2D eigenvalue weighted by atomic mass is 10.2. The molecule has 13 heteroatoms. The Hall–Kier alpha value is -0.240. The van der Waals surface area contributed by atoms with Crippen LogP contribution in [0.2, 0.25) is 0 Å². The largest absolute Gasteiger partial charge is 0.786 e. The van der Waals surface area contributed by atoms with E-state index >= 15 is 0 Å². The van der Waals surface area contributed by atoms with Crippen molar-refractivity contribution in [3.8, 4) is 0 Å². The average molecular weight is 651 g/mol. The normalized spacial score (nSPS) is 12.0. The number of unbranched alkanes of at least 4 members (excludes halogenated alkanes) is 2. The van der Waals surface area contributed by atoms with E-state index < -0.39 is 7.91 Å². The predicted molar refractivity (Wildman–Crippen MR) is 168 cm³/mol. The molecule has 0 rings (SSSR count). The molecule has 0 bridgehead atoms. The Morgan fingerprint density at radius 1 is 0.488 bits per heavy atom. The fraction of sp³-hybridized carbons (Fsp3) is 1.00. The molecule has 0 unspecified atom stereocenters. The highest BCUT2D eigenvalue weighted by atomic mass is 31.2. The van der Waals surface area contributed by atoms with Crippen LogP contribution in [0.15, 0.2) is 0 Å². The number of ether oxygens (including phenoxy) is 6. The van der Waals surface area contributed by atoms with Crippen LogP contribution in [0, 0.1) is 0 Å². The van der Waals surface area contributed by atoms with Gasteiger partial charge in [-0.05, 0) is 67.2 Å². The van der Waals surface area contributed by atoms with E-state index in [4.69, 9.17) is 42.8 Å². The van der Waals surface area contributed by atoms with E-state index in [-0.39, 0.29) is 0 Å². The summed E-state index contributed by atoms with van der Waals surface area (Å²) in [5.74, 6) is 0. The highest BCUT2D eigenvalue weighted by Crippen LogP contribution is 2.22. The molecule has 0 aromatic heterocycles. The van der Waals surface area contributed by atoms with Gasteiger partial charge in [-0.25, -0.2) is 4.20 Å². The molecule has 0 spiro atoms. The van der Waals surface area contributed by atoms with E-state index in [1.54, 1.807) is 14.2 Å². The molecule has 264 valence electrons. The van der Waals surface area contributed by atoms with Crippen LogP contribution in [-0.4, -0.2) is 142 Å². The summed E-state index contributed by atoms with van der Waals surface area (Å²) in [7, 11) is -2.28. The minimum Gasteiger partial charge on any atom is -0.786 e. The van der Waals surface area contributed by atoms with Gasteiger partial charge < -0.3 is 51.7 Å². The van der Waals surface area contributed by atoms with Gasteiger partial charge in [-0.3, -0.25) is 0 Å². The third-order valence-electron chi connectivity index (χ3n) is 7.97. The van der Waals surface area contributed by atoms with E-state index in [0.29, 0.717) is 52.9 Å². The van der Waals surface area contributed by atoms with Crippen molar-refractivity contribution in [1.82, 2.24) is 0 Å². The standard InChI is InChI=1S/2C15H34NO3.FH2O3P/c2*1-5-16(6-2,7-3)10-8-9-11-18-14-15-19-13-12-17-4;1-5(2,3)4/h2*5-15H2,1-4H3;(H2,2,3,4)/q2*+1;/p-2. The van der Waals surface area contributed by atoms with Crippen LogP contribution in [0.3, 0.4) is 0 Å². The number of quaternary nitrogens is 2. The Morgan fingerprint density at radius 2 is 0.721 bits per heavy atom. The second kappa shape index (κ2) is 33.1. The van der Waals surface area contributed by atoms with Crippen LogP contribution in [0.5, 0.6) is 0 Å². The van der Waals surface area contributed by atoms with Crippen molar-refractivity contribution in [3.05, 3.63) is 0 Å². The smallest absolute Gasteiger partial charge is 0.110 e. The molecule has 0 radical (unpaired) electrons. The maximum absolute atomic E-state index is 10.1. The lowest BCUT2D eigenvalue weighted by Crippen LogP contribution is -2.48. The van der Waals surface area contributed by atoms with Gasteiger partial charge in [0.15, 0.2) is 0 Å². The number of methoxy groups -OCH3 is 2. The summed E-state index contributed by atoms with van der Waals surface area (Å²) in [4.78, 5) is 16.9.